The van der Waals surface area contributed by atoms with E-state index in [2.05, 4.69) is 14.9 Å². The second kappa shape index (κ2) is 7.48. The average molecular weight is 345 g/mol. The van der Waals surface area contributed by atoms with Crippen molar-refractivity contribution in [1.29, 1.82) is 0 Å². The van der Waals surface area contributed by atoms with Gasteiger partial charge in [-0.1, -0.05) is 19.3 Å². The minimum atomic E-state index is -0.0132. The van der Waals surface area contributed by atoms with Crippen LogP contribution in [0.3, 0.4) is 0 Å². The maximum atomic E-state index is 12.4. The van der Waals surface area contributed by atoms with Gasteiger partial charge in [-0.05, 0) is 64.0 Å². The third-order valence-electron chi connectivity index (χ3n) is 6.58. The van der Waals surface area contributed by atoms with Crippen molar-refractivity contribution in [3.63, 3.8) is 0 Å². The van der Waals surface area contributed by atoms with Crippen LogP contribution in [0.1, 0.15) is 73.1 Å². The van der Waals surface area contributed by atoms with Crippen molar-refractivity contribution in [2.24, 2.45) is 5.92 Å². The molecular formula is C20H32N4O. The Balaban J connectivity index is 1.58. The normalized spacial score (nSPS) is 25.1. The molecule has 0 bridgehead atoms. The summed E-state index contributed by atoms with van der Waals surface area (Å²) in [5.41, 5.74) is 3.27. The number of likely N-dealkylation sites (tertiary alicyclic amines) is 1. The lowest BCUT2D eigenvalue weighted by Crippen LogP contribution is -2.38. The number of amides is 1. The molecule has 1 saturated carbocycles. The number of hydrogen-bond acceptors (Lipinski definition) is 3. The fraction of sp³-hybridized carbons (Fsp3) is 0.800. The van der Waals surface area contributed by atoms with E-state index >= 15 is 0 Å². The van der Waals surface area contributed by atoms with Crippen molar-refractivity contribution >= 4 is 5.91 Å². The van der Waals surface area contributed by atoms with Gasteiger partial charge in [-0.3, -0.25) is 9.48 Å². The highest BCUT2D eigenvalue weighted by Gasteiger charge is 2.32. The van der Waals surface area contributed by atoms with Gasteiger partial charge < -0.3 is 10.2 Å². The van der Waals surface area contributed by atoms with E-state index in [4.69, 9.17) is 5.10 Å². The van der Waals surface area contributed by atoms with E-state index in [9.17, 15) is 4.79 Å². The standard InChI is InChI=1S/C20H32N4O/c1-21-20(25)19-17-13-16(23-11-5-6-12-23)9-10-18(17)24(22-19)14-15-7-3-2-4-8-15/h15-16H,2-14H2,1H3,(H,21,25). The zero-order valence-corrected chi connectivity index (χ0v) is 15.6. The molecule has 1 N–H and O–H groups in total. The van der Waals surface area contributed by atoms with Gasteiger partial charge in [-0.15, -0.1) is 0 Å². The Morgan fingerprint density at radius 1 is 1.12 bits per heavy atom. The largest absolute Gasteiger partial charge is 0.354 e. The summed E-state index contributed by atoms with van der Waals surface area (Å²) in [6.45, 7) is 3.46. The number of fused-ring (bicyclic) bond motifs is 1. The van der Waals surface area contributed by atoms with Gasteiger partial charge in [-0.2, -0.15) is 5.10 Å². The topological polar surface area (TPSA) is 50.2 Å². The molecular weight excluding hydrogens is 312 g/mol. The Morgan fingerprint density at radius 2 is 1.88 bits per heavy atom. The summed E-state index contributed by atoms with van der Waals surface area (Å²) >= 11 is 0. The lowest BCUT2D eigenvalue weighted by Gasteiger charge is -2.31. The molecule has 5 nitrogen and oxygen atoms in total. The van der Waals surface area contributed by atoms with Crippen molar-refractivity contribution in [2.75, 3.05) is 20.1 Å². The van der Waals surface area contributed by atoms with Crippen LogP contribution in [0.5, 0.6) is 0 Å². The molecule has 3 aliphatic rings. The maximum absolute atomic E-state index is 12.4. The molecule has 2 aliphatic carbocycles. The summed E-state index contributed by atoms with van der Waals surface area (Å²) in [5, 5.41) is 7.61. The first-order chi connectivity index (χ1) is 12.3. The number of carbonyl (C=O) groups is 1. The van der Waals surface area contributed by atoms with Crippen LogP contribution in [-0.2, 0) is 19.4 Å². The third-order valence-corrected chi connectivity index (χ3v) is 6.58. The molecule has 2 heterocycles. The highest BCUT2D eigenvalue weighted by Crippen LogP contribution is 2.31. The molecule has 0 spiro atoms. The summed E-state index contributed by atoms with van der Waals surface area (Å²) in [7, 11) is 1.72. The number of aromatic nitrogens is 2. The summed E-state index contributed by atoms with van der Waals surface area (Å²) in [5.74, 6) is 0.729. The minimum Gasteiger partial charge on any atom is -0.354 e. The zero-order valence-electron chi connectivity index (χ0n) is 15.6. The van der Waals surface area contributed by atoms with E-state index in [0.717, 1.165) is 25.3 Å². The molecule has 0 aromatic carbocycles. The number of hydrogen-bond donors (Lipinski definition) is 1. The predicted octanol–water partition coefficient (Wildman–Crippen LogP) is 2.78. The van der Waals surface area contributed by atoms with Gasteiger partial charge in [0.25, 0.3) is 5.91 Å². The Bertz CT molecular complexity index is 611. The van der Waals surface area contributed by atoms with Gasteiger partial charge in [0.15, 0.2) is 5.69 Å². The monoisotopic (exact) mass is 344 g/mol. The quantitative estimate of drug-likeness (QED) is 0.914. The molecule has 4 rings (SSSR count). The Labute approximate surface area is 151 Å². The number of nitrogens with one attached hydrogen (secondary N) is 1. The lowest BCUT2D eigenvalue weighted by atomic mass is 9.88. The van der Waals surface area contributed by atoms with E-state index in [0.29, 0.717) is 11.7 Å². The first-order valence-corrected chi connectivity index (χ1v) is 10.3. The lowest BCUT2D eigenvalue weighted by molar-refractivity contribution is 0.0955. The molecule has 138 valence electrons. The molecule has 5 heteroatoms. The first kappa shape index (κ1) is 17.1. The van der Waals surface area contributed by atoms with Gasteiger partial charge in [0.2, 0.25) is 0 Å². The highest BCUT2D eigenvalue weighted by atomic mass is 16.1. The van der Waals surface area contributed by atoms with Crippen molar-refractivity contribution in [3.8, 4) is 0 Å². The Hall–Kier alpha value is -1.36. The first-order valence-electron chi connectivity index (χ1n) is 10.3. The van der Waals surface area contributed by atoms with Crippen LogP contribution in [-0.4, -0.2) is 46.8 Å². The van der Waals surface area contributed by atoms with Crippen molar-refractivity contribution < 1.29 is 4.79 Å². The Morgan fingerprint density at radius 3 is 2.60 bits per heavy atom. The van der Waals surface area contributed by atoms with Crippen molar-refractivity contribution in [3.05, 3.63) is 17.0 Å². The van der Waals surface area contributed by atoms with Gasteiger partial charge >= 0.3 is 0 Å². The highest BCUT2D eigenvalue weighted by molar-refractivity contribution is 5.93. The Kier molecular flexibility index (Phi) is 5.11. The second-order valence-corrected chi connectivity index (χ2v) is 8.18. The third kappa shape index (κ3) is 3.48. The molecule has 0 radical (unpaired) electrons. The maximum Gasteiger partial charge on any atom is 0.271 e. The molecule has 1 aromatic heterocycles. The van der Waals surface area contributed by atoms with Crippen LogP contribution in [0.2, 0.25) is 0 Å². The molecule has 1 aromatic rings. The molecule has 2 fully saturated rings. The summed E-state index contributed by atoms with van der Waals surface area (Å²) in [4.78, 5) is 15.1. The molecule has 1 amide bonds. The average Bonchev–Trinajstić information content (AvgIpc) is 3.30. The van der Waals surface area contributed by atoms with Gasteiger partial charge in [0, 0.05) is 30.9 Å². The number of carbonyl (C=O) groups excluding carboxylic acids is 1. The second-order valence-electron chi connectivity index (χ2n) is 8.18. The van der Waals surface area contributed by atoms with E-state index in [1.807, 2.05) is 0 Å². The van der Waals surface area contributed by atoms with E-state index in [1.54, 1.807) is 7.05 Å². The van der Waals surface area contributed by atoms with E-state index < -0.39 is 0 Å². The SMILES string of the molecule is CNC(=O)c1nn(CC2CCCCC2)c2c1CC(N1CCCC1)CC2. The molecule has 1 aliphatic heterocycles. The summed E-state index contributed by atoms with van der Waals surface area (Å²) in [6, 6.07) is 0.603. The number of nitrogens with zero attached hydrogens (tertiary/aromatic N) is 3. The summed E-state index contributed by atoms with van der Waals surface area (Å²) in [6.07, 6.45) is 12.7. The molecule has 1 saturated heterocycles. The predicted molar refractivity (Wildman–Crippen MR) is 98.8 cm³/mol. The zero-order chi connectivity index (χ0) is 17.2. The minimum absolute atomic E-state index is 0.0132. The smallest absolute Gasteiger partial charge is 0.271 e. The van der Waals surface area contributed by atoms with E-state index in [-0.39, 0.29) is 5.91 Å². The van der Waals surface area contributed by atoms with Gasteiger partial charge in [0.05, 0.1) is 0 Å². The number of rotatable bonds is 4. The fourth-order valence-corrected chi connectivity index (χ4v) is 5.15. The van der Waals surface area contributed by atoms with Crippen molar-refractivity contribution in [2.45, 2.75) is 76.8 Å². The van der Waals surface area contributed by atoms with Crippen LogP contribution in [0.15, 0.2) is 0 Å². The fourth-order valence-electron chi connectivity index (χ4n) is 5.15. The van der Waals surface area contributed by atoms with Gasteiger partial charge in [0.1, 0.15) is 0 Å². The molecule has 1 atom stereocenters. The summed E-state index contributed by atoms with van der Waals surface area (Å²) < 4.78 is 2.20. The van der Waals surface area contributed by atoms with E-state index in [1.165, 1.54) is 75.7 Å². The van der Waals surface area contributed by atoms with Crippen LogP contribution in [0.4, 0.5) is 0 Å². The van der Waals surface area contributed by atoms with Crippen LogP contribution in [0, 0.1) is 5.92 Å². The van der Waals surface area contributed by atoms with Crippen LogP contribution >= 0.6 is 0 Å². The van der Waals surface area contributed by atoms with Crippen molar-refractivity contribution in [1.82, 2.24) is 20.0 Å². The molecule has 1 unspecified atom stereocenters. The van der Waals surface area contributed by atoms with Crippen LogP contribution < -0.4 is 5.32 Å². The molecule has 25 heavy (non-hydrogen) atoms. The van der Waals surface area contributed by atoms with Gasteiger partial charge in [-0.25, -0.2) is 0 Å². The van der Waals surface area contributed by atoms with Crippen LogP contribution in [0.25, 0.3) is 0 Å².